The number of carbonyl (C=O) groups excluding carboxylic acids is 1. The first-order valence-electron chi connectivity index (χ1n) is 8.47. The molecule has 0 N–H and O–H groups in total. The fourth-order valence-corrected chi connectivity index (χ4v) is 4.35. The number of nitrogens with zero attached hydrogens (tertiary/aromatic N) is 3. The van der Waals surface area contributed by atoms with Crippen LogP contribution in [0.1, 0.15) is 16.8 Å². The first kappa shape index (κ1) is 17.7. The minimum absolute atomic E-state index is 0.0706. The van der Waals surface area contributed by atoms with Gasteiger partial charge in [0.15, 0.2) is 5.17 Å². The first-order chi connectivity index (χ1) is 13.1. The van der Waals surface area contributed by atoms with Crippen LogP contribution in [0.25, 0.3) is 6.08 Å². The van der Waals surface area contributed by atoms with Gasteiger partial charge in [0, 0.05) is 5.38 Å². The molecule has 4 rings (SSSR count). The van der Waals surface area contributed by atoms with Crippen molar-refractivity contribution in [1.29, 1.82) is 0 Å². The Bertz CT molecular complexity index is 1040. The molecule has 134 valence electrons. The van der Waals surface area contributed by atoms with E-state index >= 15 is 0 Å². The number of benzene rings is 2. The highest BCUT2D eigenvalue weighted by Gasteiger charge is 2.34. The molecule has 1 aliphatic heterocycles. The van der Waals surface area contributed by atoms with Crippen molar-refractivity contribution in [2.45, 2.75) is 13.8 Å². The molecule has 27 heavy (non-hydrogen) atoms. The zero-order valence-electron chi connectivity index (χ0n) is 14.9. The van der Waals surface area contributed by atoms with Crippen molar-refractivity contribution in [3.05, 3.63) is 81.7 Å². The molecule has 3 aromatic rings. The zero-order valence-corrected chi connectivity index (χ0v) is 16.6. The van der Waals surface area contributed by atoms with Gasteiger partial charge in [-0.25, -0.2) is 4.98 Å². The highest BCUT2D eigenvalue weighted by Crippen LogP contribution is 2.37. The number of amidine groups is 1. The lowest BCUT2D eigenvalue weighted by molar-refractivity contribution is -0.113. The largest absolute Gasteiger partial charge is 0.271 e. The van der Waals surface area contributed by atoms with E-state index in [1.165, 1.54) is 28.7 Å². The zero-order chi connectivity index (χ0) is 18.8. The third-order valence-corrected chi connectivity index (χ3v) is 5.82. The summed E-state index contributed by atoms with van der Waals surface area (Å²) in [7, 11) is 0. The van der Waals surface area contributed by atoms with Crippen LogP contribution in [0.2, 0.25) is 0 Å². The Balaban J connectivity index is 1.75. The predicted octanol–water partition coefficient (Wildman–Crippen LogP) is 5.57. The molecule has 1 aromatic heterocycles. The van der Waals surface area contributed by atoms with Crippen molar-refractivity contribution in [3.63, 3.8) is 0 Å². The molecule has 0 spiro atoms. The summed E-state index contributed by atoms with van der Waals surface area (Å²) in [6, 6.07) is 17.7. The van der Waals surface area contributed by atoms with Crippen LogP contribution in [0.15, 0.2) is 69.9 Å². The van der Waals surface area contributed by atoms with Crippen LogP contribution in [-0.4, -0.2) is 16.1 Å². The Morgan fingerprint density at radius 1 is 1.04 bits per heavy atom. The van der Waals surface area contributed by atoms with E-state index in [0.717, 1.165) is 16.9 Å². The number of aliphatic imine (C=N–C) groups is 1. The van der Waals surface area contributed by atoms with Gasteiger partial charge in [-0.1, -0.05) is 48.0 Å². The molecule has 0 aliphatic carbocycles. The number of para-hydroxylation sites is 1. The summed E-state index contributed by atoms with van der Waals surface area (Å²) in [6.07, 6.45) is 1.91. The minimum Gasteiger partial charge on any atom is -0.268 e. The molecule has 0 radical (unpaired) electrons. The van der Waals surface area contributed by atoms with E-state index in [2.05, 4.69) is 9.98 Å². The summed E-state index contributed by atoms with van der Waals surface area (Å²) in [5.41, 5.74) is 3.91. The fourth-order valence-electron chi connectivity index (χ4n) is 2.64. The summed E-state index contributed by atoms with van der Waals surface area (Å²) in [6.45, 7) is 3.98. The van der Waals surface area contributed by atoms with E-state index in [0.29, 0.717) is 15.2 Å². The second-order valence-corrected chi connectivity index (χ2v) is 8.01. The van der Waals surface area contributed by atoms with Gasteiger partial charge in [-0.3, -0.25) is 9.69 Å². The second-order valence-electron chi connectivity index (χ2n) is 6.16. The number of amides is 1. The molecule has 0 saturated carbocycles. The standard InChI is InChI=1S/C21H17N3OS2/c1-14-8-10-16(11-9-14)12-18-19(25)24(17-6-4-3-5-7-17)21(27-18)23-20-22-15(2)13-26-20/h3-13H,1-2H3/b18-12-,23-21+. The molecular formula is C21H17N3OS2. The Hall–Kier alpha value is -2.70. The van der Waals surface area contributed by atoms with Crippen LogP contribution >= 0.6 is 23.1 Å². The van der Waals surface area contributed by atoms with Crippen molar-refractivity contribution in [2.24, 2.45) is 4.99 Å². The SMILES string of the molecule is Cc1ccc(/C=C2\S/C(=N/c3nc(C)cs3)N(c3ccccc3)C2=O)cc1. The monoisotopic (exact) mass is 391 g/mol. The van der Waals surface area contributed by atoms with E-state index in [9.17, 15) is 4.79 Å². The van der Waals surface area contributed by atoms with Gasteiger partial charge in [-0.05, 0) is 49.4 Å². The van der Waals surface area contributed by atoms with Crippen molar-refractivity contribution in [3.8, 4) is 0 Å². The molecule has 0 bridgehead atoms. The lowest BCUT2D eigenvalue weighted by Gasteiger charge is -2.14. The van der Waals surface area contributed by atoms with Gasteiger partial charge in [0.2, 0.25) is 5.13 Å². The molecule has 1 fully saturated rings. The third-order valence-electron chi connectivity index (χ3n) is 3.99. The number of hydrogen-bond donors (Lipinski definition) is 0. The van der Waals surface area contributed by atoms with Crippen molar-refractivity contribution >= 4 is 51.1 Å². The van der Waals surface area contributed by atoms with Gasteiger partial charge >= 0.3 is 0 Å². The van der Waals surface area contributed by atoms with Crippen LogP contribution in [0.4, 0.5) is 10.8 Å². The Kier molecular flexibility index (Phi) is 4.92. The summed E-state index contributed by atoms with van der Waals surface area (Å²) in [4.78, 5) is 24.5. The van der Waals surface area contributed by atoms with Gasteiger partial charge in [0.25, 0.3) is 5.91 Å². The van der Waals surface area contributed by atoms with Gasteiger partial charge < -0.3 is 0 Å². The molecular weight excluding hydrogens is 374 g/mol. The molecule has 6 heteroatoms. The normalized spacial score (nSPS) is 17.3. The number of thioether (sulfide) groups is 1. The van der Waals surface area contributed by atoms with Crippen LogP contribution in [0, 0.1) is 13.8 Å². The van der Waals surface area contributed by atoms with E-state index in [1.807, 2.05) is 79.9 Å². The summed E-state index contributed by atoms with van der Waals surface area (Å²) >= 11 is 2.85. The number of rotatable bonds is 3. The van der Waals surface area contributed by atoms with Crippen LogP contribution < -0.4 is 4.90 Å². The average molecular weight is 392 g/mol. The van der Waals surface area contributed by atoms with Crippen molar-refractivity contribution < 1.29 is 4.79 Å². The van der Waals surface area contributed by atoms with E-state index in [-0.39, 0.29) is 5.91 Å². The lowest BCUT2D eigenvalue weighted by atomic mass is 10.1. The van der Waals surface area contributed by atoms with Gasteiger partial charge in [-0.2, -0.15) is 4.99 Å². The molecule has 0 atom stereocenters. The minimum atomic E-state index is -0.0706. The Morgan fingerprint density at radius 2 is 1.78 bits per heavy atom. The Morgan fingerprint density at radius 3 is 2.44 bits per heavy atom. The molecule has 4 nitrogen and oxygen atoms in total. The molecule has 1 amide bonds. The highest BCUT2D eigenvalue weighted by atomic mass is 32.2. The maximum absolute atomic E-state index is 13.1. The van der Waals surface area contributed by atoms with Gasteiger partial charge in [-0.15, -0.1) is 11.3 Å². The van der Waals surface area contributed by atoms with Crippen LogP contribution in [0.5, 0.6) is 0 Å². The van der Waals surface area contributed by atoms with Gasteiger partial charge in [0.1, 0.15) is 0 Å². The number of aromatic nitrogens is 1. The summed E-state index contributed by atoms with van der Waals surface area (Å²) in [5, 5.41) is 3.23. The van der Waals surface area contributed by atoms with Crippen LogP contribution in [-0.2, 0) is 4.79 Å². The number of anilines is 1. The average Bonchev–Trinajstić information content (AvgIpc) is 3.21. The topological polar surface area (TPSA) is 45.6 Å². The number of carbonyl (C=O) groups is 1. The van der Waals surface area contributed by atoms with Gasteiger partial charge in [0.05, 0.1) is 16.3 Å². The quantitative estimate of drug-likeness (QED) is 0.549. The van der Waals surface area contributed by atoms with E-state index in [1.54, 1.807) is 4.90 Å². The van der Waals surface area contributed by atoms with Crippen LogP contribution in [0.3, 0.4) is 0 Å². The molecule has 2 heterocycles. The maximum Gasteiger partial charge on any atom is 0.271 e. The van der Waals surface area contributed by atoms with Crippen molar-refractivity contribution in [1.82, 2.24) is 4.98 Å². The number of thiazole rings is 1. The number of aryl methyl sites for hydroxylation is 2. The lowest BCUT2D eigenvalue weighted by Crippen LogP contribution is -2.28. The maximum atomic E-state index is 13.1. The highest BCUT2D eigenvalue weighted by molar-refractivity contribution is 8.19. The van der Waals surface area contributed by atoms with E-state index in [4.69, 9.17) is 0 Å². The Labute approximate surface area is 166 Å². The summed E-state index contributed by atoms with van der Waals surface area (Å²) in [5.74, 6) is -0.0706. The fraction of sp³-hybridized carbons (Fsp3) is 0.0952. The smallest absolute Gasteiger partial charge is 0.268 e. The second kappa shape index (κ2) is 7.50. The first-order valence-corrected chi connectivity index (χ1v) is 10.2. The molecule has 1 aliphatic rings. The van der Waals surface area contributed by atoms with E-state index < -0.39 is 0 Å². The predicted molar refractivity (Wildman–Crippen MR) is 115 cm³/mol. The number of hydrogen-bond acceptors (Lipinski definition) is 5. The third kappa shape index (κ3) is 3.86. The molecule has 1 saturated heterocycles. The summed E-state index contributed by atoms with van der Waals surface area (Å²) < 4.78 is 0. The molecule has 0 unspecified atom stereocenters. The van der Waals surface area contributed by atoms with Crippen molar-refractivity contribution in [2.75, 3.05) is 4.90 Å². The molecule has 2 aromatic carbocycles.